The quantitative estimate of drug-likeness (QED) is 0.662. The van der Waals surface area contributed by atoms with Crippen molar-refractivity contribution in [3.63, 3.8) is 0 Å². The Kier molecular flexibility index (Phi) is 4.51. The third-order valence-corrected chi connectivity index (χ3v) is 2.86. The predicted octanol–water partition coefficient (Wildman–Crippen LogP) is 3.25. The van der Waals surface area contributed by atoms with Crippen molar-refractivity contribution in [1.29, 1.82) is 0 Å². The van der Waals surface area contributed by atoms with Gasteiger partial charge in [0.25, 0.3) is 0 Å². The van der Waals surface area contributed by atoms with Crippen LogP contribution in [-0.4, -0.2) is 6.04 Å². The molecule has 0 radical (unpaired) electrons. The van der Waals surface area contributed by atoms with Crippen molar-refractivity contribution >= 4 is 0 Å². The van der Waals surface area contributed by atoms with E-state index in [0.29, 0.717) is 6.04 Å². The van der Waals surface area contributed by atoms with Gasteiger partial charge in [0.05, 0.1) is 0 Å². The van der Waals surface area contributed by atoms with E-state index in [1.165, 1.54) is 44.1 Å². The molecule has 0 amide bonds. The van der Waals surface area contributed by atoms with E-state index in [2.05, 4.69) is 19.9 Å². The second-order valence-corrected chi connectivity index (χ2v) is 4.60. The van der Waals surface area contributed by atoms with E-state index in [9.17, 15) is 0 Å². The highest BCUT2D eigenvalue weighted by atomic mass is 14.6. The molecule has 0 aromatic rings. The maximum atomic E-state index is 6.13. The summed E-state index contributed by atoms with van der Waals surface area (Å²) in [5, 5.41) is 0. The Balaban J connectivity index is 2.29. The van der Waals surface area contributed by atoms with E-state index in [-0.39, 0.29) is 0 Å². The first kappa shape index (κ1) is 10.8. The van der Waals surface area contributed by atoms with Gasteiger partial charge in [0.2, 0.25) is 0 Å². The fourth-order valence-electron chi connectivity index (χ4n) is 1.90. The summed E-state index contributed by atoms with van der Waals surface area (Å²) in [5.74, 6) is 0.787. The number of hydrogen-bond acceptors (Lipinski definition) is 1. The summed E-state index contributed by atoms with van der Waals surface area (Å²) in [6.45, 7) is 4.53. The molecule has 2 N–H and O–H groups in total. The lowest BCUT2D eigenvalue weighted by atomic mass is 9.90. The van der Waals surface area contributed by atoms with E-state index in [4.69, 9.17) is 5.73 Å². The van der Waals surface area contributed by atoms with Gasteiger partial charge in [0, 0.05) is 6.04 Å². The van der Waals surface area contributed by atoms with Crippen molar-refractivity contribution in [1.82, 2.24) is 0 Å². The third kappa shape index (κ3) is 3.95. The fourth-order valence-corrected chi connectivity index (χ4v) is 1.90. The van der Waals surface area contributed by atoms with Crippen LogP contribution in [0, 0.1) is 5.92 Å². The first-order valence-electron chi connectivity index (χ1n) is 5.64. The van der Waals surface area contributed by atoms with Crippen LogP contribution in [0.15, 0.2) is 11.6 Å². The smallest absolute Gasteiger partial charge is 0.0253 e. The molecule has 0 heterocycles. The molecule has 0 aromatic heterocycles. The van der Waals surface area contributed by atoms with Gasteiger partial charge in [0.15, 0.2) is 0 Å². The van der Waals surface area contributed by atoms with Crippen LogP contribution in [-0.2, 0) is 0 Å². The molecule has 1 unspecified atom stereocenters. The molecular formula is C12H23N. The minimum absolute atomic E-state index is 0.350. The van der Waals surface area contributed by atoms with E-state index in [0.717, 1.165) is 5.92 Å². The number of nitrogens with two attached hydrogens (primary N) is 1. The van der Waals surface area contributed by atoms with Crippen molar-refractivity contribution in [2.24, 2.45) is 11.7 Å². The Morgan fingerprint density at radius 2 is 2.08 bits per heavy atom. The van der Waals surface area contributed by atoms with Gasteiger partial charge in [-0.15, -0.1) is 0 Å². The monoisotopic (exact) mass is 181 g/mol. The van der Waals surface area contributed by atoms with Gasteiger partial charge in [-0.1, -0.05) is 25.5 Å². The molecule has 0 fully saturated rings. The predicted molar refractivity (Wildman–Crippen MR) is 58.6 cm³/mol. The summed E-state index contributed by atoms with van der Waals surface area (Å²) < 4.78 is 0. The fraction of sp³-hybridized carbons (Fsp3) is 0.833. The molecule has 0 aromatic carbocycles. The molecule has 0 bridgehead atoms. The van der Waals surface area contributed by atoms with Crippen LogP contribution in [0.1, 0.15) is 52.4 Å². The third-order valence-electron chi connectivity index (χ3n) is 2.86. The average Bonchev–Trinajstić information content (AvgIpc) is 2.15. The molecule has 0 aliphatic heterocycles. The molecule has 76 valence electrons. The molecule has 0 saturated carbocycles. The van der Waals surface area contributed by atoms with Gasteiger partial charge in [-0.05, 0) is 44.4 Å². The van der Waals surface area contributed by atoms with E-state index in [1.807, 2.05) is 0 Å². The maximum Gasteiger partial charge on any atom is 0.0253 e. The SMILES string of the molecule is CC(C)CCC(N)C1=CCCCC1. The van der Waals surface area contributed by atoms with Crippen LogP contribution < -0.4 is 5.73 Å². The lowest BCUT2D eigenvalue weighted by Crippen LogP contribution is -2.24. The first-order chi connectivity index (χ1) is 6.20. The molecule has 1 aliphatic carbocycles. The molecule has 1 rings (SSSR count). The minimum Gasteiger partial charge on any atom is -0.324 e. The zero-order valence-corrected chi connectivity index (χ0v) is 9.05. The highest BCUT2D eigenvalue weighted by Gasteiger charge is 2.11. The van der Waals surface area contributed by atoms with E-state index >= 15 is 0 Å². The first-order valence-corrected chi connectivity index (χ1v) is 5.64. The van der Waals surface area contributed by atoms with Crippen molar-refractivity contribution in [2.75, 3.05) is 0 Å². The van der Waals surface area contributed by atoms with E-state index < -0.39 is 0 Å². The molecule has 1 heteroatoms. The Hall–Kier alpha value is -0.300. The topological polar surface area (TPSA) is 26.0 Å². The summed E-state index contributed by atoms with van der Waals surface area (Å²) in [5.41, 5.74) is 7.65. The highest BCUT2D eigenvalue weighted by Crippen LogP contribution is 2.22. The van der Waals surface area contributed by atoms with Crippen LogP contribution in [0.5, 0.6) is 0 Å². The summed E-state index contributed by atoms with van der Waals surface area (Å²) in [6.07, 6.45) is 10.0. The number of hydrogen-bond donors (Lipinski definition) is 1. The van der Waals surface area contributed by atoms with Crippen LogP contribution in [0.25, 0.3) is 0 Å². The molecule has 1 aliphatic rings. The standard InChI is InChI=1S/C12H23N/c1-10(2)8-9-12(13)11-6-4-3-5-7-11/h6,10,12H,3-5,7-9,13H2,1-2H3. The second kappa shape index (κ2) is 5.43. The highest BCUT2D eigenvalue weighted by molar-refractivity contribution is 5.12. The van der Waals surface area contributed by atoms with Crippen molar-refractivity contribution in [3.05, 3.63) is 11.6 Å². The van der Waals surface area contributed by atoms with Gasteiger partial charge in [-0.25, -0.2) is 0 Å². The summed E-state index contributed by atoms with van der Waals surface area (Å²) in [7, 11) is 0. The van der Waals surface area contributed by atoms with Gasteiger partial charge in [-0.2, -0.15) is 0 Å². The van der Waals surface area contributed by atoms with E-state index in [1.54, 1.807) is 0 Å². The Morgan fingerprint density at radius 1 is 1.31 bits per heavy atom. The summed E-state index contributed by atoms with van der Waals surface area (Å²) >= 11 is 0. The van der Waals surface area contributed by atoms with Crippen molar-refractivity contribution < 1.29 is 0 Å². The van der Waals surface area contributed by atoms with Crippen LogP contribution in [0.2, 0.25) is 0 Å². The zero-order chi connectivity index (χ0) is 9.68. The molecule has 1 nitrogen and oxygen atoms in total. The van der Waals surface area contributed by atoms with Crippen LogP contribution >= 0.6 is 0 Å². The van der Waals surface area contributed by atoms with Gasteiger partial charge >= 0.3 is 0 Å². The van der Waals surface area contributed by atoms with Crippen molar-refractivity contribution in [2.45, 2.75) is 58.4 Å². The van der Waals surface area contributed by atoms with Gasteiger partial charge < -0.3 is 5.73 Å². The molecule has 0 saturated heterocycles. The zero-order valence-electron chi connectivity index (χ0n) is 9.05. The Labute approximate surface area is 82.4 Å². The largest absolute Gasteiger partial charge is 0.324 e. The molecular weight excluding hydrogens is 158 g/mol. The average molecular weight is 181 g/mol. The Bertz CT molecular complexity index is 170. The van der Waals surface area contributed by atoms with Gasteiger partial charge in [-0.3, -0.25) is 0 Å². The summed E-state index contributed by atoms with van der Waals surface area (Å²) in [6, 6.07) is 0.350. The number of rotatable bonds is 4. The molecule has 1 atom stereocenters. The normalized spacial score (nSPS) is 20.2. The van der Waals surface area contributed by atoms with Crippen molar-refractivity contribution in [3.8, 4) is 0 Å². The minimum atomic E-state index is 0.350. The van der Waals surface area contributed by atoms with Crippen LogP contribution in [0.4, 0.5) is 0 Å². The van der Waals surface area contributed by atoms with Crippen LogP contribution in [0.3, 0.4) is 0 Å². The molecule has 13 heavy (non-hydrogen) atoms. The summed E-state index contributed by atoms with van der Waals surface area (Å²) in [4.78, 5) is 0. The Morgan fingerprint density at radius 3 is 2.62 bits per heavy atom. The van der Waals surface area contributed by atoms with Gasteiger partial charge in [0.1, 0.15) is 0 Å². The second-order valence-electron chi connectivity index (χ2n) is 4.60. The molecule has 0 spiro atoms. The lowest BCUT2D eigenvalue weighted by molar-refractivity contribution is 0.508. The maximum absolute atomic E-state index is 6.13. The number of allylic oxidation sites excluding steroid dienone is 1. The lowest BCUT2D eigenvalue weighted by Gasteiger charge is -2.20.